The topological polar surface area (TPSA) is 84.9 Å². The second-order valence-corrected chi connectivity index (χ2v) is 10.2. The highest BCUT2D eigenvalue weighted by Gasteiger charge is 2.68. The first kappa shape index (κ1) is 22.8. The van der Waals surface area contributed by atoms with Gasteiger partial charge in [-0.3, -0.25) is 9.59 Å². The van der Waals surface area contributed by atoms with Gasteiger partial charge in [0.2, 0.25) is 0 Å². The minimum absolute atomic E-state index is 0.0870. The summed E-state index contributed by atoms with van der Waals surface area (Å²) in [4.78, 5) is 25.2. The highest BCUT2D eigenvalue weighted by atomic mass is 19.1. The molecule has 2 N–H and O–H groups in total. The van der Waals surface area contributed by atoms with Crippen LogP contribution in [0.2, 0.25) is 0 Å². The van der Waals surface area contributed by atoms with E-state index < -0.39 is 18.0 Å². The molecule has 2 aromatic carbocycles. The van der Waals surface area contributed by atoms with Crippen LogP contribution in [0, 0.1) is 30.9 Å². The molecule has 0 aromatic heterocycles. The number of carbonyl (C=O) groups is 2. The number of hydrogen-bond donors (Lipinski definition) is 2. The normalized spacial score (nSPS) is 28.6. The lowest BCUT2D eigenvalue weighted by molar-refractivity contribution is -0.175. The zero-order valence-corrected chi connectivity index (χ0v) is 19.1. The molecule has 180 valence electrons. The van der Waals surface area contributed by atoms with Crippen LogP contribution in [0.1, 0.15) is 54.9 Å². The molecule has 3 aliphatic carbocycles. The Kier molecular flexibility index (Phi) is 5.39. The van der Waals surface area contributed by atoms with Crippen molar-refractivity contribution >= 4 is 11.7 Å². The van der Waals surface area contributed by atoms with Crippen molar-refractivity contribution < 1.29 is 33.0 Å². The summed E-state index contributed by atoms with van der Waals surface area (Å²) in [6.45, 7) is 3.05. The lowest BCUT2D eigenvalue weighted by Gasteiger charge is -2.70. The van der Waals surface area contributed by atoms with Crippen molar-refractivity contribution in [2.45, 2.75) is 63.7 Å². The van der Waals surface area contributed by atoms with E-state index in [2.05, 4.69) is 5.32 Å². The monoisotopic (exact) mass is 471 g/mol. The number of rotatable bonds is 7. The first-order valence-corrected chi connectivity index (χ1v) is 11.4. The lowest BCUT2D eigenvalue weighted by Crippen LogP contribution is -2.75. The van der Waals surface area contributed by atoms with Crippen LogP contribution in [0.25, 0.3) is 0 Å². The third-order valence-corrected chi connectivity index (χ3v) is 7.32. The fourth-order valence-corrected chi connectivity index (χ4v) is 5.71. The van der Waals surface area contributed by atoms with Crippen molar-refractivity contribution in [1.29, 1.82) is 0 Å². The number of ketones is 1. The molecule has 1 heterocycles. The molecule has 1 aliphatic heterocycles. The van der Waals surface area contributed by atoms with Gasteiger partial charge >= 0.3 is 0 Å². The van der Waals surface area contributed by atoms with Gasteiger partial charge in [-0.15, -0.1) is 0 Å². The van der Waals surface area contributed by atoms with Crippen LogP contribution < -0.4 is 14.8 Å². The van der Waals surface area contributed by atoms with Crippen LogP contribution in [-0.2, 0) is 9.59 Å². The maximum atomic E-state index is 13.8. The van der Waals surface area contributed by atoms with Crippen molar-refractivity contribution in [2.75, 3.05) is 6.61 Å². The standard InChI is InChI=1S/C26H27F2NO5/c1-14-3-4-16(6-18(14)27)33-10-24(32)29-26-11-25(12-26,13-26)9-21(31)23-8-20(30)17-7-19(28)15(2)5-22(17)34-23/h3-7,20,23,30H,8-13H2,1-2H3,(H,29,32)/t20-,23-,25?,26?/m1/s1. The smallest absolute Gasteiger partial charge is 0.258 e. The predicted molar refractivity (Wildman–Crippen MR) is 119 cm³/mol. The molecule has 2 aromatic rings. The summed E-state index contributed by atoms with van der Waals surface area (Å²) >= 11 is 0. The van der Waals surface area contributed by atoms with E-state index in [1.54, 1.807) is 26.0 Å². The zero-order valence-electron chi connectivity index (χ0n) is 19.1. The minimum Gasteiger partial charge on any atom is -0.484 e. The Hall–Kier alpha value is -3.00. The number of aliphatic hydroxyl groups is 1. The quantitative estimate of drug-likeness (QED) is 0.641. The van der Waals surface area contributed by atoms with Gasteiger partial charge in [-0.25, -0.2) is 8.78 Å². The van der Waals surface area contributed by atoms with Gasteiger partial charge in [0.25, 0.3) is 5.91 Å². The Morgan fingerprint density at radius 3 is 2.53 bits per heavy atom. The van der Waals surface area contributed by atoms with Crippen LogP contribution in [0.4, 0.5) is 8.78 Å². The van der Waals surface area contributed by atoms with Gasteiger partial charge in [0, 0.05) is 30.0 Å². The van der Waals surface area contributed by atoms with Crippen molar-refractivity contribution in [3.05, 3.63) is 58.7 Å². The zero-order chi connectivity index (χ0) is 24.3. The molecule has 0 spiro atoms. The molecule has 3 fully saturated rings. The Bertz CT molecular complexity index is 1160. The van der Waals surface area contributed by atoms with E-state index >= 15 is 0 Å². The summed E-state index contributed by atoms with van der Waals surface area (Å²) in [5, 5.41) is 13.4. The molecular formula is C26H27F2NO5. The number of nitrogens with one attached hydrogen (secondary N) is 1. The van der Waals surface area contributed by atoms with Gasteiger partial charge < -0.3 is 19.9 Å². The van der Waals surface area contributed by atoms with Crippen molar-refractivity contribution in [3.63, 3.8) is 0 Å². The van der Waals surface area contributed by atoms with E-state index in [0.717, 1.165) is 0 Å². The van der Waals surface area contributed by atoms with E-state index in [1.807, 2.05) is 0 Å². The van der Waals surface area contributed by atoms with Gasteiger partial charge in [0.1, 0.15) is 23.1 Å². The number of benzene rings is 2. The van der Waals surface area contributed by atoms with E-state index in [-0.39, 0.29) is 41.5 Å². The Morgan fingerprint density at radius 2 is 1.82 bits per heavy atom. The molecule has 8 heteroatoms. The predicted octanol–water partition coefficient (Wildman–Crippen LogP) is 3.84. The SMILES string of the molecule is Cc1ccc(OCC(=O)NC23CC(CC(=O)[C@H]4C[C@@H](O)c5cc(F)c(C)cc5O4)(C2)C3)cc1F. The van der Waals surface area contributed by atoms with Crippen molar-refractivity contribution in [3.8, 4) is 11.5 Å². The number of aliphatic hydroxyl groups excluding tert-OH is 1. The molecule has 0 unspecified atom stereocenters. The third-order valence-electron chi connectivity index (χ3n) is 7.32. The fraction of sp³-hybridized carbons (Fsp3) is 0.462. The van der Waals surface area contributed by atoms with Crippen LogP contribution in [0.15, 0.2) is 30.3 Å². The summed E-state index contributed by atoms with van der Waals surface area (Å²) in [5.41, 5.74) is 0.806. The van der Waals surface area contributed by atoms with Gasteiger partial charge in [-0.1, -0.05) is 6.07 Å². The molecule has 4 aliphatic rings. The molecule has 34 heavy (non-hydrogen) atoms. The second kappa shape index (κ2) is 8.05. The number of hydrogen-bond acceptors (Lipinski definition) is 5. The molecular weight excluding hydrogens is 444 g/mol. The number of amides is 1. The maximum absolute atomic E-state index is 13.8. The Morgan fingerprint density at radius 1 is 1.12 bits per heavy atom. The van der Waals surface area contributed by atoms with E-state index in [9.17, 15) is 23.5 Å². The lowest BCUT2D eigenvalue weighted by atomic mass is 9.38. The Labute approximate surface area is 196 Å². The largest absolute Gasteiger partial charge is 0.484 e. The molecule has 6 nitrogen and oxygen atoms in total. The molecule has 2 atom stereocenters. The number of Topliss-reactive ketones (excluding diaryl/α,β-unsaturated/α-hetero) is 1. The van der Waals surface area contributed by atoms with E-state index in [4.69, 9.17) is 9.47 Å². The summed E-state index contributed by atoms with van der Waals surface area (Å²) in [7, 11) is 0. The van der Waals surface area contributed by atoms with Gasteiger partial charge in [-0.2, -0.15) is 0 Å². The van der Waals surface area contributed by atoms with Gasteiger partial charge in [0.15, 0.2) is 18.5 Å². The first-order valence-electron chi connectivity index (χ1n) is 11.4. The van der Waals surface area contributed by atoms with E-state index in [1.165, 1.54) is 18.2 Å². The first-order chi connectivity index (χ1) is 16.1. The number of aryl methyl sites for hydroxylation is 2. The third kappa shape index (κ3) is 4.04. The molecule has 0 radical (unpaired) electrons. The molecule has 3 saturated carbocycles. The fourth-order valence-electron chi connectivity index (χ4n) is 5.71. The average Bonchev–Trinajstić information content (AvgIpc) is 2.73. The number of halogens is 2. The summed E-state index contributed by atoms with van der Waals surface area (Å²) in [5.74, 6) is -0.513. The minimum atomic E-state index is -0.950. The van der Waals surface area contributed by atoms with Crippen molar-refractivity contribution in [1.82, 2.24) is 5.32 Å². The van der Waals surface area contributed by atoms with E-state index in [0.29, 0.717) is 53.9 Å². The summed E-state index contributed by atoms with van der Waals surface area (Å²) in [6.07, 6.45) is 0.801. The van der Waals surface area contributed by atoms with Crippen molar-refractivity contribution in [2.24, 2.45) is 5.41 Å². The highest BCUT2D eigenvalue weighted by Crippen LogP contribution is 2.69. The number of ether oxygens (including phenoxy) is 2. The van der Waals surface area contributed by atoms with Gasteiger partial charge in [0.05, 0.1) is 6.10 Å². The van der Waals surface area contributed by atoms with Crippen LogP contribution in [0.3, 0.4) is 0 Å². The maximum Gasteiger partial charge on any atom is 0.258 e. The van der Waals surface area contributed by atoms with Crippen LogP contribution >= 0.6 is 0 Å². The second-order valence-electron chi connectivity index (χ2n) is 10.2. The number of carbonyl (C=O) groups excluding carboxylic acids is 2. The Balaban J connectivity index is 1.11. The number of fused-ring (bicyclic) bond motifs is 1. The summed E-state index contributed by atoms with van der Waals surface area (Å²) in [6, 6.07) is 7.25. The summed E-state index contributed by atoms with van der Waals surface area (Å²) < 4.78 is 38.6. The molecule has 6 rings (SSSR count). The van der Waals surface area contributed by atoms with Gasteiger partial charge in [-0.05, 0) is 67.9 Å². The van der Waals surface area contributed by atoms with Crippen LogP contribution in [-0.4, -0.2) is 35.0 Å². The molecule has 2 bridgehead atoms. The average molecular weight is 472 g/mol. The highest BCUT2D eigenvalue weighted by molar-refractivity contribution is 5.85. The molecule has 1 amide bonds. The molecule has 0 saturated heterocycles. The van der Waals surface area contributed by atoms with Crippen LogP contribution in [0.5, 0.6) is 11.5 Å².